The lowest BCUT2D eigenvalue weighted by Gasteiger charge is -2.12. The number of methoxy groups -OCH3 is 1. The second-order valence-electron chi connectivity index (χ2n) is 4.44. The Hall–Kier alpha value is -1.92. The van der Waals surface area contributed by atoms with Crippen molar-refractivity contribution in [2.45, 2.75) is 6.42 Å². The minimum atomic E-state index is -0.398. The number of halogens is 1. The molecule has 6 heteroatoms. The Balaban J connectivity index is 2.32. The van der Waals surface area contributed by atoms with E-state index in [-0.39, 0.29) is 5.69 Å². The van der Waals surface area contributed by atoms with Crippen molar-refractivity contribution in [3.63, 3.8) is 0 Å². The summed E-state index contributed by atoms with van der Waals surface area (Å²) in [5.41, 5.74) is 2.40. The minimum absolute atomic E-state index is 0.0333. The van der Waals surface area contributed by atoms with E-state index in [9.17, 15) is 10.1 Å². The van der Waals surface area contributed by atoms with Crippen LogP contribution in [0.25, 0.3) is 0 Å². The van der Waals surface area contributed by atoms with Gasteiger partial charge < -0.3 is 10.1 Å². The van der Waals surface area contributed by atoms with Crippen LogP contribution in [0, 0.1) is 10.1 Å². The molecule has 5 nitrogen and oxygen atoms in total. The molecule has 0 amide bonds. The quantitative estimate of drug-likeness (QED) is 0.623. The molecule has 0 spiro atoms. The van der Waals surface area contributed by atoms with Gasteiger partial charge in [0.25, 0.3) is 5.69 Å². The van der Waals surface area contributed by atoms with Crippen molar-refractivity contribution in [3.05, 3.63) is 62.6 Å². The first-order valence-corrected chi connectivity index (χ1v) is 7.19. The fraction of sp³-hybridized carbons (Fsp3) is 0.200. The normalized spacial score (nSPS) is 10.4. The fourth-order valence-electron chi connectivity index (χ4n) is 1.98. The molecule has 0 saturated heterocycles. The zero-order chi connectivity index (χ0) is 15.2. The molecule has 0 saturated carbocycles. The molecule has 1 N–H and O–H groups in total. The molecule has 0 atom stereocenters. The Labute approximate surface area is 131 Å². The third kappa shape index (κ3) is 4.03. The van der Waals surface area contributed by atoms with Gasteiger partial charge in [0.1, 0.15) is 5.69 Å². The van der Waals surface area contributed by atoms with Gasteiger partial charge in [0.15, 0.2) is 0 Å². The summed E-state index contributed by atoms with van der Waals surface area (Å²) in [7, 11) is 1.65. The number of hydrogen-bond acceptors (Lipinski definition) is 4. The SMILES string of the molecule is COCCc1ccccc1Nc1ccc(Br)cc1[N+](=O)[O-]. The lowest BCUT2D eigenvalue weighted by Crippen LogP contribution is -2.02. The summed E-state index contributed by atoms with van der Waals surface area (Å²) in [6.45, 7) is 0.598. The van der Waals surface area contributed by atoms with E-state index >= 15 is 0 Å². The first-order chi connectivity index (χ1) is 10.1. The van der Waals surface area contributed by atoms with Gasteiger partial charge in [0, 0.05) is 23.3 Å². The molecule has 0 bridgehead atoms. The van der Waals surface area contributed by atoms with Crippen molar-refractivity contribution < 1.29 is 9.66 Å². The van der Waals surface area contributed by atoms with Gasteiger partial charge in [-0.05, 0) is 30.2 Å². The molecule has 0 fully saturated rings. The Morgan fingerprint density at radius 1 is 1.24 bits per heavy atom. The van der Waals surface area contributed by atoms with Gasteiger partial charge in [-0.15, -0.1) is 0 Å². The number of benzene rings is 2. The van der Waals surface area contributed by atoms with E-state index in [2.05, 4.69) is 21.2 Å². The van der Waals surface area contributed by atoms with Crippen molar-refractivity contribution in [1.82, 2.24) is 0 Å². The van der Waals surface area contributed by atoms with Crippen LogP contribution in [0.3, 0.4) is 0 Å². The van der Waals surface area contributed by atoms with Crippen LogP contribution in [0.2, 0.25) is 0 Å². The number of nitro benzene ring substituents is 1. The molecule has 21 heavy (non-hydrogen) atoms. The van der Waals surface area contributed by atoms with Crippen LogP contribution in [0.15, 0.2) is 46.9 Å². The van der Waals surface area contributed by atoms with Crippen LogP contribution in [-0.4, -0.2) is 18.6 Å². The lowest BCUT2D eigenvalue weighted by atomic mass is 10.1. The van der Waals surface area contributed by atoms with E-state index in [0.717, 1.165) is 17.7 Å². The second kappa shape index (κ2) is 7.19. The Morgan fingerprint density at radius 3 is 2.71 bits per heavy atom. The van der Waals surface area contributed by atoms with Crippen LogP contribution in [-0.2, 0) is 11.2 Å². The van der Waals surface area contributed by atoms with E-state index in [1.54, 1.807) is 19.2 Å². The van der Waals surface area contributed by atoms with Crippen molar-refractivity contribution >= 4 is 33.0 Å². The van der Waals surface area contributed by atoms with Crippen molar-refractivity contribution in [2.75, 3.05) is 19.0 Å². The Kier molecular flexibility index (Phi) is 5.30. The van der Waals surface area contributed by atoms with Gasteiger partial charge in [-0.1, -0.05) is 34.1 Å². The van der Waals surface area contributed by atoms with Crippen LogP contribution >= 0.6 is 15.9 Å². The summed E-state index contributed by atoms with van der Waals surface area (Å²) in [4.78, 5) is 10.7. The van der Waals surface area contributed by atoms with E-state index in [0.29, 0.717) is 16.8 Å². The molecule has 110 valence electrons. The Bertz CT molecular complexity index is 647. The molecule has 0 aliphatic carbocycles. The van der Waals surface area contributed by atoms with Gasteiger partial charge in [0.05, 0.1) is 11.5 Å². The van der Waals surface area contributed by atoms with Crippen molar-refractivity contribution in [1.29, 1.82) is 0 Å². The summed E-state index contributed by atoms with van der Waals surface area (Å²) < 4.78 is 5.76. The maximum atomic E-state index is 11.1. The number of ether oxygens (including phenoxy) is 1. The van der Waals surface area contributed by atoms with Gasteiger partial charge in [0.2, 0.25) is 0 Å². The van der Waals surface area contributed by atoms with Crippen LogP contribution in [0.5, 0.6) is 0 Å². The van der Waals surface area contributed by atoms with Crippen LogP contribution in [0.4, 0.5) is 17.1 Å². The number of anilines is 2. The number of nitro groups is 1. The molecule has 0 radical (unpaired) electrons. The fourth-order valence-corrected chi connectivity index (χ4v) is 2.33. The summed E-state index contributed by atoms with van der Waals surface area (Å²) in [6.07, 6.45) is 0.740. The first kappa shape index (κ1) is 15.5. The monoisotopic (exact) mass is 350 g/mol. The van der Waals surface area contributed by atoms with E-state index in [4.69, 9.17) is 4.74 Å². The van der Waals surface area contributed by atoms with E-state index in [1.165, 1.54) is 6.07 Å². The molecule has 0 aromatic heterocycles. The zero-order valence-electron chi connectivity index (χ0n) is 11.5. The first-order valence-electron chi connectivity index (χ1n) is 6.39. The van der Waals surface area contributed by atoms with Crippen molar-refractivity contribution in [3.8, 4) is 0 Å². The molecule has 2 aromatic carbocycles. The second-order valence-corrected chi connectivity index (χ2v) is 5.36. The average Bonchev–Trinajstić information content (AvgIpc) is 2.48. The summed E-state index contributed by atoms with van der Waals surface area (Å²) >= 11 is 3.25. The number of nitrogens with one attached hydrogen (secondary N) is 1. The number of hydrogen-bond donors (Lipinski definition) is 1. The molecule has 0 aliphatic rings. The number of para-hydroxylation sites is 1. The van der Waals surface area contributed by atoms with Gasteiger partial charge in [-0.25, -0.2) is 0 Å². The third-order valence-corrected chi connectivity index (χ3v) is 3.51. The maximum absolute atomic E-state index is 11.1. The summed E-state index contributed by atoms with van der Waals surface area (Å²) in [6, 6.07) is 12.7. The molecular weight excluding hydrogens is 336 g/mol. The highest BCUT2D eigenvalue weighted by atomic mass is 79.9. The van der Waals surface area contributed by atoms with E-state index < -0.39 is 4.92 Å². The average molecular weight is 351 g/mol. The van der Waals surface area contributed by atoms with E-state index in [1.807, 2.05) is 24.3 Å². The summed E-state index contributed by atoms with van der Waals surface area (Å²) in [5, 5.41) is 14.3. The highest BCUT2D eigenvalue weighted by Gasteiger charge is 2.15. The largest absolute Gasteiger partial charge is 0.384 e. The molecule has 2 rings (SSSR count). The smallest absolute Gasteiger partial charge is 0.293 e. The minimum Gasteiger partial charge on any atom is -0.384 e. The zero-order valence-corrected chi connectivity index (χ0v) is 13.1. The summed E-state index contributed by atoms with van der Waals surface area (Å²) in [5.74, 6) is 0. The topological polar surface area (TPSA) is 64.4 Å². The maximum Gasteiger partial charge on any atom is 0.293 e. The highest BCUT2D eigenvalue weighted by molar-refractivity contribution is 9.10. The molecule has 2 aromatic rings. The van der Waals surface area contributed by atoms with Crippen LogP contribution < -0.4 is 5.32 Å². The number of nitrogens with zero attached hydrogens (tertiary/aromatic N) is 1. The van der Waals surface area contributed by atoms with Crippen LogP contribution in [0.1, 0.15) is 5.56 Å². The number of rotatable bonds is 6. The van der Waals surface area contributed by atoms with Gasteiger partial charge in [-0.3, -0.25) is 10.1 Å². The molecule has 0 aliphatic heterocycles. The van der Waals surface area contributed by atoms with Gasteiger partial charge in [-0.2, -0.15) is 0 Å². The molecule has 0 unspecified atom stereocenters. The highest BCUT2D eigenvalue weighted by Crippen LogP contribution is 2.31. The van der Waals surface area contributed by atoms with Crippen molar-refractivity contribution in [2.24, 2.45) is 0 Å². The predicted octanol–water partition coefficient (Wildman–Crippen LogP) is 4.29. The molecular formula is C15H15BrN2O3. The predicted molar refractivity (Wildman–Crippen MR) is 86.1 cm³/mol. The molecule has 0 heterocycles. The lowest BCUT2D eigenvalue weighted by molar-refractivity contribution is -0.384. The standard InChI is InChI=1S/C15H15BrN2O3/c1-21-9-8-11-4-2-3-5-13(11)17-14-7-6-12(16)10-15(14)18(19)20/h2-7,10,17H,8-9H2,1H3. The van der Waals surface area contributed by atoms with Gasteiger partial charge >= 0.3 is 0 Å². The third-order valence-electron chi connectivity index (χ3n) is 3.02. The Morgan fingerprint density at radius 2 is 2.00 bits per heavy atom.